The Kier molecular flexibility index (Phi) is 7.82. The molecule has 0 saturated carbocycles. The minimum absolute atomic E-state index is 0.767. The van der Waals surface area contributed by atoms with E-state index in [-0.39, 0.29) is 0 Å². The van der Waals surface area contributed by atoms with Crippen molar-refractivity contribution in [3.63, 3.8) is 0 Å². The summed E-state index contributed by atoms with van der Waals surface area (Å²) in [4.78, 5) is 4.63. The van der Waals surface area contributed by atoms with E-state index in [1.807, 2.05) is 29.1 Å². The van der Waals surface area contributed by atoms with Gasteiger partial charge in [0, 0.05) is 32.4 Å². The summed E-state index contributed by atoms with van der Waals surface area (Å²) in [6.07, 6.45) is 5.79. The third-order valence-corrected chi connectivity index (χ3v) is 3.80. The monoisotopic (exact) mass is 343 g/mol. The largest absolute Gasteiger partial charge is 0.496 e. The van der Waals surface area contributed by atoms with Crippen molar-refractivity contribution in [3.05, 3.63) is 47.8 Å². The number of rotatable bonds is 9. The highest BCUT2D eigenvalue weighted by atomic mass is 16.5. The lowest BCUT2D eigenvalue weighted by Crippen LogP contribution is -2.38. The Balaban J connectivity index is 1.77. The molecular weight excluding hydrogens is 314 g/mol. The summed E-state index contributed by atoms with van der Waals surface area (Å²) in [5.41, 5.74) is 2.39. The lowest BCUT2D eigenvalue weighted by atomic mass is 10.1. The van der Waals surface area contributed by atoms with Crippen LogP contribution in [0.3, 0.4) is 0 Å². The number of benzene rings is 1. The Bertz CT molecular complexity index is 665. The number of nitrogens with one attached hydrogen (secondary N) is 2. The van der Waals surface area contributed by atoms with Crippen molar-refractivity contribution >= 4 is 5.96 Å². The molecule has 0 amide bonds. The standard InChI is InChI=1S/C19H29N5O/c1-4-20-19(21-11-7-13-24-15-16(2)14-23-24)22-12-10-17-8-5-6-9-18(17)25-3/h5-6,8-9,14-15H,4,7,10-13H2,1-3H3,(H2,20,21,22). The molecule has 6 nitrogen and oxygen atoms in total. The summed E-state index contributed by atoms with van der Waals surface area (Å²) in [7, 11) is 1.71. The van der Waals surface area contributed by atoms with E-state index in [9.17, 15) is 0 Å². The van der Waals surface area contributed by atoms with Gasteiger partial charge in [-0.1, -0.05) is 18.2 Å². The third kappa shape index (κ3) is 6.49. The van der Waals surface area contributed by atoms with E-state index in [1.54, 1.807) is 7.11 Å². The van der Waals surface area contributed by atoms with E-state index in [4.69, 9.17) is 4.74 Å². The first-order chi connectivity index (χ1) is 12.2. The van der Waals surface area contributed by atoms with Crippen molar-refractivity contribution in [2.75, 3.05) is 26.7 Å². The zero-order chi connectivity index (χ0) is 17.9. The summed E-state index contributed by atoms with van der Waals surface area (Å²) >= 11 is 0. The van der Waals surface area contributed by atoms with Gasteiger partial charge < -0.3 is 15.4 Å². The molecule has 6 heteroatoms. The van der Waals surface area contributed by atoms with Crippen molar-refractivity contribution in [1.82, 2.24) is 20.4 Å². The second-order valence-corrected chi connectivity index (χ2v) is 5.88. The van der Waals surface area contributed by atoms with Gasteiger partial charge in [-0.2, -0.15) is 5.10 Å². The Morgan fingerprint density at radius 2 is 2.12 bits per heavy atom. The third-order valence-electron chi connectivity index (χ3n) is 3.80. The van der Waals surface area contributed by atoms with Crippen LogP contribution in [-0.4, -0.2) is 42.5 Å². The van der Waals surface area contributed by atoms with Gasteiger partial charge in [0.05, 0.1) is 13.3 Å². The van der Waals surface area contributed by atoms with Crippen molar-refractivity contribution in [3.8, 4) is 5.75 Å². The molecule has 1 aromatic carbocycles. The van der Waals surface area contributed by atoms with Crippen LogP contribution >= 0.6 is 0 Å². The van der Waals surface area contributed by atoms with Crippen LogP contribution in [0.15, 0.2) is 41.7 Å². The Labute approximate surface area is 150 Å². The van der Waals surface area contributed by atoms with Crippen LogP contribution in [0, 0.1) is 6.92 Å². The number of ether oxygens (including phenoxy) is 1. The average molecular weight is 343 g/mol. The molecule has 0 aliphatic rings. The van der Waals surface area contributed by atoms with Gasteiger partial charge >= 0.3 is 0 Å². The number of nitrogens with zero attached hydrogens (tertiary/aromatic N) is 3. The first-order valence-corrected chi connectivity index (χ1v) is 8.86. The Morgan fingerprint density at radius 1 is 1.28 bits per heavy atom. The molecule has 1 aromatic heterocycles. The quantitative estimate of drug-likeness (QED) is 0.417. The molecule has 2 rings (SSSR count). The molecule has 0 aliphatic carbocycles. The van der Waals surface area contributed by atoms with Crippen LogP contribution < -0.4 is 15.4 Å². The molecule has 0 fully saturated rings. The normalized spacial score (nSPS) is 11.4. The minimum Gasteiger partial charge on any atom is -0.496 e. The first-order valence-electron chi connectivity index (χ1n) is 8.86. The molecule has 0 radical (unpaired) electrons. The number of methoxy groups -OCH3 is 1. The van der Waals surface area contributed by atoms with Gasteiger partial charge in [-0.15, -0.1) is 0 Å². The van der Waals surface area contributed by atoms with Gasteiger partial charge in [-0.3, -0.25) is 9.67 Å². The SMILES string of the molecule is CCNC(=NCCCn1cc(C)cn1)NCCc1ccccc1OC. The summed E-state index contributed by atoms with van der Waals surface area (Å²) in [5, 5.41) is 11.0. The van der Waals surface area contributed by atoms with Crippen LogP contribution in [-0.2, 0) is 13.0 Å². The minimum atomic E-state index is 0.767. The highest BCUT2D eigenvalue weighted by Crippen LogP contribution is 2.17. The average Bonchev–Trinajstić information content (AvgIpc) is 3.04. The van der Waals surface area contributed by atoms with Crippen LogP contribution in [0.1, 0.15) is 24.5 Å². The fourth-order valence-corrected chi connectivity index (χ4v) is 2.58. The molecule has 0 bridgehead atoms. The number of aromatic nitrogens is 2. The molecule has 2 N–H and O–H groups in total. The zero-order valence-electron chi connectivity index (χ0n) is 15.5. The van der Waals surface area contributed by atoms with Crippen LogP contribution in [0.25, 0.3) is 0 Å². The summed E-state index contributed by atoms with van der Waals surface area (Å²) in [6, 6.07) is 8.11. The Morgan fingerprint density at radius 3 is 2.84 bits per heavy atom. The lowest BCUT2D eigenvalue weighted by Gasteiger charge is -2.12. The molecule has 0 aliphatic heterocycles. The summed E-state index contributed by atoms with van der Waals surface area (Å²) < 4.78 is 7.36. The fourth-order valence-electron chi connectivity index (χ4n) is 2.58. The predicted molar refractivity (Wildman–Crippen MR) is 102 cm³/mol. The molecule has 0 unspecified atom stereocenters. The van der Waals surface area contributed by atoms with Crippen molar-refractivity contribution < 1.29 is 4.74 Å². The maximum Gasteiger partial charge on any atom is 0.191 e. The second kappa shape index (κ2) is 10.4. The maximum atomic E-state index is 5.39. The molecule has 0 saturated heterocycles. The number of aliphatic imine (C=N–C) groups is 1. The molecular formula is C19H29N5O. The van der Waals surface area contributed by atoms with E-state index in [0.717, 1.165) is 50.7 Å². The molecule has 136 valence electrons. The van der Waals surface area contributed by atoms with Gasteiger partial charge in [-0.05, 0) is 43.9 Å². The highest BCUT2D eigenvalue weighted by molar-refractivity contribution is 5.79. The predicted octanol–water partition coefficient (Wildman–Crippen LogP) is 2.39. The van der Waals surface area contributed by atoms with Gasteiger partial charge in [-0.25, -0.2) is 0 Å². The maximum absolute atomic E-state index is 5.39. The topological polar surface area (TPSA) is 63.5 Å². The van der Waals surface area contributed by atoms with E-state index < -0.39 is 0 Å². The number of aryl methyl sites for hydroxylation is 2. The molecule has 25 heavy (non-hydrogen) atoms. The van der Waals surface area contributed by atoms with E-state index >= 15 is 0 Å². The van der Waals surface area contributed by atoms with Crippen molar-refractivity contribution in [1.29, 1.82) is 0 Å². The summed E-state index contributed by atoms with van der Waals surface area (Å²) in [5.74, 6) is 1.79. The fraction of sp³-hybridized carbons (Fsp3) is 0.474. The highest BCUT2D eigenvalue weighted by Gasteiger charge is 2.02. The van der Waals surface area contributed by atoms with Gasteiger partial charge in [0.2, 0.25) is 0 Å². The van der Waals surface area contributed by atoms with Gasteiger partial charge in [0.15, 0.2) is 5.96 Å². The van der Waals surface area contributed by atoms with E-state index in [2.05, 4.69) is 46.8 Å². The van der Waals surface area contributed by atoms with Gasteiger partial charge in [0.25, 0.3) is 0 Å². The number of hydrogen-bond donors (Lipinski definition) is 2. The number of guanidine groups is 1. The number of para-hydroxylation sites is 1. The van der Waals surface area contributed by atoms with Crippen LogP contribution in [0.2, 0.25) is 0 Å². The second-order valence-electron chi connectivity index (χ2n) is 5.88. The zero-order valence-corrected chi connectivity index (χ0v) is 15.5. The molecule has 0 spiro atoms. The van der Waals surface area contributed by atoms with Crippen molar-refractivity contribution in [2.45, 2.75) is 33.2 Å². The summed E-state index contributed by atoms with van der Waals surface area (Å²) in [6.45, 7) is 7.44. The molecule has 0 atom stereocenters. The van der Waals surface area contributed by atoms with Gasteiger partial charge in [0.1, 0.15) is 5.75 Å². The van der Waals surface area contributed by atoms with Crippen LogP contribution in [0.4, 0.5) is 0 Å². The van der Waals surface area contributed by atoms with Crippen molar-refractivity contribution in [2.24, 2.45) is 4.99 Å². The van der Waals surface area contributed by atoms with E-state index in [1.165, 1.54) is 11.1 Å². The Hall–Kier alpha value is -2.50. The lowest BCUT2D eigenvalue weighted by molar-refractivity contribution is 0.409. The smallest absolute Gasteiger partial charge is 0.191 e. The van der Waals surface area contributed by atoms with E-state index in [0.29, 0.717) is 0 Å². The van der Waals surface area contributed by atoms with Crippen LogP contribution in [0.5, 0.6) is 5.75 Å². The molecule has 1 heterocycles. The number of hydrogen-bond acceptors (Lipinski definition) is 3. The molecule has 2 aromatic rings. The first kappa shape index (κ1) is 18.8.